The number of amides is 1. The Balaban J connectivity index is 2.33. The second-order valence-corrected chi connectivity index (χ2v) is 6.07. The summed E-state index contributed by atoms with van der Waals surface area (Å²) in [6, 6.07) is 3.64. The van der Waals surface area contributed by atoms with Crippen molar-refractivity contribution in [3.8, 4) is 5.88 Å². The van der Waals surface area contributed by atoms with E-state index in [1.165, 1.54) is 0 Å². The van der Waals surface area contributed by atoms with Crippen LogP contribution < -0.4 is 10.5 Å². The van der Waals surface area contributed by atoms with Gasteiger partial charge in [0, 0.05) is 31.3 Å². The van der Waals surface area contributed by atoms with Gasteiger partial charge in [0.2, 0.25) is 11.8 Å². The van der Waals surface area contributed by atoms with Crippen LogP contribution in [-0.2, 0) is 4.79 Å². The standard InChI is InChI=1S/C16H25N3O2/c1-11(2)10-19-15(20)6-4-5-13(17)16(19)12-7-8-14(21-3)18-9-12/h7-9,11,13,16H,4-6,10,17H2,1-3H3. The number of hydrogen-bond acceptors (Lipinski definition) is 4. The van der Waals surface area contributed by atoms with E-state index in [0.29, 0.717) is 18.2 Å². The Morgan fingerprint density at radius 2 is 2.24 bits per heavy atom. The zero-order valence-electron chi connectivity index (χ0n) is 13.1. The maximum Gasteiger partial charge on any atom is 0.223 e. The molecule has 1 aliphatic heterocycles. The number of ether oxygens (including phenoxy) is 1. The summed E-state index contributed by atoms with van der Waals surface area (Å²) in [6.45, 7) is 4.96. The van der Waals surface area contributed by atoms with Crippen LogP contribution in [0.5, 0.6) is 5.88 Å². The molecular formula is C16H25N3O2. The number of pyridine rings is 1. The number of nitrogens with two attached hydrogens (primary N) is 1. The van der Waals surface area contributed by atoms with Crippen molar-refractivity contribution in [2.24, 2.45) is 11.7 Å². The van der Waals surface area contributed by atoms with Gasteiger partial charge in [-0.1, -0.05) is 13.8 Å². The fraction of sp³-hybridized carbons (Fsp3) is 0.625. The van der Waals surface area contributed by atoms with Gasteiger partial charge in [-0.3, -0.25) is 4.79 Å². The first-order valence-electron chi connectivity index (χ1n) is 7.58. The molecule has 21 heavy (non-hydrogen) atoms. The van der Waals surface area contributed by atoms with Crippen LogP contribution >= 0.6 is 0 Å². The number of carbonyl (C=O) groups is 1. The molecule has 0 radical (unpaired) electrons. The predicted molar refractivity (Wildman–Crippen MR) is 81.9 cm³/mol. The van der Waals surface area contributed by atoms with E-state index in [-0.39, 0.29) is 18.0 Å². The van der Waals surface area contributed by atoms with E-state index in [1.54, 1.807) is 13.3 Å². The minimum atomic E-state index is -0.0965. The summed E-state index contributed by atoms with van der Waals surface area (Å²) in [5, 5.41) is 0. The lowest BCUT2D eigenvalue weighted by atomic mass is 9.97. The minimum absolute atomic E-state index is 0.0506. The van der Waals surface area contributed by atoms with Crippen molar-refractivity contribution in [3.63, 3.8) is 0 Å². The summed E-state index contributed by atoms with van der Waals surface area (Å²) in [5.41, 5.74) is 7.34. The number of hydrogen-bond donors (Lipinski definition) is 1. The van der Waals surface area contributed by atoms with Crippen LogP contribution in [0.1, 0.15) is 44.7 Å². The molecule has 2 heterocycles. The molecule has 0 spiro atoms. The zero-order chi connectivity index (χ0) is 15.4. The molecule has 116 valence electrons. The fourth-order valence-corrected chi connectivity index (χ4v) is 2.90. The lowest BCUT2D eigenvalue weighted by Crippen LogP contribution is -2.43. The first kappa shape index (κ1) is 15.8. The highest BCUT2D eigenvalue weighted by Crippen LogP contribution is 2.31. The number of rotatable bonds is 4. The third-order valence-electron chi connectivity index (χ3n) is 3.86. The van der Waals surface area contributed by atoms with Gasteiger partial charge in [-0.15, -0.1) is 0 Å². The molecule has 0 bridgehead atoms. The van der Waals surface area contributed by atoms with Gasteiger partial charge in [0.1, 0.15) is 0 Å². The molecule has 2 unspecified atom stereocenters. The summed E-state index contributed by atoms with van der Waals surface area (Å²) in [4.78, 5) is 18.6. The largest absolute Gasteiger partial charge is 0.481 e. The number of carbonyl (C=O) groups excluding carboxylic acids is 1. The summed E-state index contributed by atoms with van der Waals surface area (Å²) in [5.74, 6) is 1.17. The van der Waals surface area contributed by atoms with E-state index in [9.17, 15) is 4.79 Å². The van der Waals surface area contributed by atoms with Gasteiger partial charge in [0.05, 0.1) is 13.2 Å². The number of aromatic nitrogens is 1. The van der Waals surface area contributed by atoms with Crippen molar-refractivity contribution in [1.29, 1.82) is 0 Å². The van der Waals surface area contributed by atoms with Crippen LogP contribution in [0, 0.1) is 5.92 Å². The van der Waals surface area contributed by atoms with Gasteiger partial charge < -0.3 is 15.4 Å². The van der Waals surface area contributed by atoms with Crippen LogP contribution in [-0.4, -0.2) is 35.5 Å². The number of methoxy groups -OCH3 is 1. The van der Waals surface area contributed by atoms with E-state index in [4.69, 9.17) is 10.5 Å². The summed E-state index contributed by atoms with van der Waals surface area (Å²) >= 11 is 0. The molecule has 2 N–H and O–H groups in total. The summed E-state index contributed by atoms with van der Waals surface area (Å²) in [6.07, 6.45) is 4.07. The highest BCUT2D eigenvalue weighted by Gasteiger charge is 2.33. The molecule has 1 amide bonds. The van der Waals surface area contributed by atoms with Crippen molar-refractivity contribution in [2.45, 2.75) is 45.2 Å². The molecule has 2 rings (SSSR count). The number of nitrogens with zero attached hydrogens (tertiary/aromatic N) is 2. The van der Waals surface area contributed by atoms with Crippen LogP contribution in [0.15, 0.2) is 18.3 Å². The lowest BCUT2D eigenvalue weighted by molar-refractivity contribution is -0.133. The molecule has 1 aromatic rings. The van der Waals surface area contributed by atoms with Gasteiger partial charge >= 0.3 is 0 Å². The lowest BCUT2D eigenvalue weighted by Gasteiger charge is -2.35. The Morgan fingerprint density at radius 3 is 2.81 bits per heavy atom. The quantitative estimate of drug-likeness (QED) is 0.922. The average molecular weight is 291 g/mol. The molecule has 1 saturated heterocycles. The third-order valence-corrected chi connectivity index (χ3v) is 3.86. The topological polar surface area (TPSA) is 68.5 Å². The normalized spacial score (nSPS) is 23.3. The van der Waals surface area contributed by atoms with Crippen LogP contribution in [0.2, 0.25) is 0 Å². The molecule has 0 saturated carbocycles. The second kappa shape index (κ2) is 6.89. The second-order valence-electron chi connectivity index (χ2n) is 6.07. The van der Waals surface area contributed by atoms with Crippen molar-refractivity contribution < 1.29 is 9.53 Å². The molecule has 0 aliphatic carbocycles. The highest BCUT2D eigenvalue weighted by atomic mass is 16.5. The Bertz CT molecular complexity index is 473. The molecule has 5 heteroatoms. The average Bonchev–Trinajstić information content (AvgIpc) is 2.59. The molecule has 5 nitrogen and oxygen atoms in total. The van der Waals surface area contributed by atoms with Crippen molar-refractivity contribution in [3.05, 3.63) is 23.9 Å². The van der Waals surface area contributed by atoms with Gasteiger partial charge in [-0.2, -0.15) is 0 Å². The van der Waals surface area contributed by atoms with E-state index in [0.717, 1.165) is 24.9 Å². The van der Waals surface area contributed by atoms with E-state index in [2.05, 4.69) is 18.8 Å². The Morgan fingerprint density at radius 1 is 1.48 bits per heavy atom. The molecule has 1 aliphatic rings. The SMILES string of the molecule is COc1ccc(C2C(N)CCCC(=O)N2CC(C)C)cn1. The zero-order valence-corrected chi connectivity index (χ0v) is 13.1. The molecular weight excluding hydrogens is 266 g/mol. The first-order valence-corrected chi connectivity index (χ1v) is 7.58. The maximum absolute atomic E-state index is 12.4. The first-order chi connectivity index (χ1) is 10.0. The van der Waals surface area contributed by atoms with Crippen LogP contribution in [0.25, 0.3) is 0 Å². The summed E-state index contributed by atoms with van der Waals surface area (Å²) < 4.78 is 5.10. The van der Waals surface area contributed by atoms with Crippen molar-refractivity contribution in [2.75, 3.05) is 13.7 Å². The van der Waals surface area contributed by atoms with Crippen LogP contribution in [0.4, 0.5) is 0 Å². The van der Waals surface area contributed by atoms with Crippen LogP contribution in [0.3, 0.4) is 0 Å². The predicted octanol–water partition coefficient (Wildman–Crippen LogP) is 2.13. The van der Waals surface area contributed by atoms with Crippen molar-refractivity contribution in [1.82, 2.24) is 9.88 Å². The smallest absolute Gasteiger partial charge is 0.223 e. The van der Waals surface area contributed by atoms with Gasteiger partial charge in [-0.05, 0) is 30.4 Å². The highest BCUT2D eigenvalue weighted by molar-refractivity contribution is 5.77. The van der Waals surface area contributed by atoms with Gasteiger partial charge in [-0.25, -0.2) is 4.98 Å². The maximum atomic E-state index is 12.4. The minimum Gasteiger partial charge on any atom is -0.481 e. The van der Waals surface area contributed by atoms with Crippen molar-refractivity contribution >= 4 is 5.91 Å². The molecule has 1 fully saturated rings. The van der Waals surface area contributed by atoms with E-state index < -0.39 is 0 Å². The van der Waals surface area contributed by atoms with E-state index in [1.807, 2.05) is 17.0 Å². The fourth-order valence-electron chi connectivity index (χ4n) is 2.90. The Hall–Kier alpha value is -1.62. The van der Waals surface area contributed by atoms with Gasteiger partial charge in [0.15, 0.2) is 0 Å². The Labute approximate surface area is 126 Å². The number of likely N-dealkylation sites (tertiary alicyclic amines) is 1. The molecule has 2 atom stereocenters. The van der Waals surface area contributed by atoms with E-state index >= 15 is 0 Å². The summed E-state index contributed by atoms with van der Waals surface area (Å²) in [7, 11) is 1.59. The van der Waals surface area contributed by atoms with Gasteiger partial charge in [0.25, 0.3) is 0 Å². The monoisotopic (exact) mass is 291 g/mol. The molecule has 0 aromatic carbocycles. The molecule has 1 aromatic heterocycles. The third kappa shape index (κ3) is 3.73. The Kier molecular flexibility index (Phi) is 5.17.